The van der Waals surface area contributed by atoms with Crippen LogP contribution >= 0.6 is 0 Å². The van der Waals surface area contributed by atoms with Gasteiger partial charge in [0.05, 0.1) is 19.3 Å². The third kappa shape index (κ3) is 2.42. The van der Waals surface area contributed by atoms with E-state index < -0.39 is 0 Å². The SMILES string of the molecule is CC(O)CN1CCOCC2(CC2)C1. The maximum atomic E-state index is 9.30. The number of aliphatic hydroxyl groups excluding tert-OH is 1. The molecule has 1 saturated carbocycles. The first-order chi connectivity index (χ1) is 6.20. The van der Waals surface area contributed by atoms with Crippen molar-refractivity contribution >= 4 is 0 Å². The third-order valence-corrected chi connectivity index (χ3v) is 3.00. The summed E-state index contributed by atoms with van der Waals surface area (Å²) in [5.41, 5.74) is 0.464. The van der Waals surface area contributed by atoms with Gasteiger partial charge < -0.3 is 9.84 Å². The van der Waals surface area contributed by atoms with Crippen LogP contribution in [0.5, 0.6) is 0 Å². The fourth-order valence-electron chi connectivity index (χ4n) is 2.09. The van der Waals surface area contributed by atoms with Gasteiger partial charge in [-0.15, -0.1) is 0 Å². The molecule has 1 heterocycles. The highest BCUT2D eigenvalue weighted by atomic mass is 16.5. The summed E-state index contributed by atoms with van der Waals surface area (Å²) in [6.07, 6.45) is 2.40. The lowest BCUT2D eigenvalue weighted by Crippen LogP contribution is -2.36. The topological polar surface area (TPSA) is 32.7 Å². The fourth-order valence-corrected chi connectivity index (χ4v) is 2.09. The first-order valence-corrected chi connectivity index (χ1v) is 5.18. The summed E-state index contributed by atoms with van der Waals surface area (Å²) in [6, 6.07) is 0. The smallest absolute Gasteiger partial charge is 0.0639 e. The Morgan fingerprint density at radius 2 is 2.31 bits per heavy atom. The zero-order valence-corrected chi connectivity index (χ0v) is 8.33. The number of β-amino-alcohol motifs (C(OH)–C–C–N with tert-alkyl or cyclic N) is 1. The number of ether oxygens (including phenoxy) is 1. The molecule has 0 aromatic heterocycles. The van der Waals surface area contributed by atoms with Gasteiger partial charge in [0.25, 0.3) is 0 Å². The minimum absolute atomic E-state index is 0.214. The average Bonchev–Trinajstić information content (AvgIpc) is 2.80. The predicted octanol–water partition coefficient (Wildman–Crippen LogP) is 0.480. The Labute approximate surface area is 79.7 Å². The highest BCUT2D eigenvalue weighted by molar-refractivity contribution is 4.96. The molecule has 76 valence electrons. The van der Waals surface area contributed by atoms with E-state index in [1.807, 2.05) is 6.92 Å². The Balaban J connectivity index is 1.87. The molecule has 0 aromatic rings. The van der Waals surface area contributed by atoms with Gasteiger partial charge in [-0.05, 0) is 19.8 Å². The van der Waals surface area contributed by atoms with Crippen molar-refractivity contribution in [1.82, 2.24) is 4.90 Å². The normalized spacial score (nSPS) is 30.0. The number of hydrogen-bond acceptors (Lipinski definition) is 3. The van der Waals surface area contributed by atoms with E-state index in [2.05, 4.69) is 4.90 Å². The summed E-state index contributed by atoms with van der Waals surface area (Å²) in [5.74, 6) is 0. The second-order valence-electron chi connectivity index (χ2n) is 4.64. The van der Waals surface area contributed by atoms with Crippen molar-refractivity contribution in [2.24, 2.45) is 5.41 Å². The van der Waals surface area contributed by atoms with Crippen LogP contribution in [-0.4, -0.2) is 49.0 Å². The van der Waals surface area contributed by atoms with Crippen LogP contribution in [-0.2, 0) is 4.74 Å². The molecule has 1 spiro atoms. The minimum Gasteiger partial charge on any atom is -0.392 e. The Bertz CT molecular complexity index is 178. The van der Waals surface area contributed by atoms with Gasteiger partial charge in [0.2, 0.25) is 0 Å². The van der Waals surface area contributed by atoms with Crippen LogP contribution in [0.1, 0.15) is 19.8 Å². The number of rotatable bonds is 2. The number of nitrogens with zero attached hydrogens (tertiary/aromatic N) is 1. The molecule has 1 atom stereocenters. The van der Waals surface area contributed by atoms with Crippen molar-refractivity contribution in [3.8, 4) is 0 Å². The first-order valence-electron chi connectivity index (χ1n) is 5.18. The van der Waals surface area contributed by atoms with E-state index >= 15 is 0 Å². The average molecular weight is 185 g/mol. The van der Waals surface area contributed by atoms with E-state index in [-0.39, 0.29) is 6.10 Å². The molecule has 2 rings (SSSR count). The van der Waals surface area contributed by atoms with E-state index in [0.29, 0.717) is 5.41 Å². The van der Waals surface area contributed by atoms with Gasteiger partial charge in [-0.3, -0.25) is 4.90 Å². The second kappa shape index (κ2) is 3.56. The molecule has 1 aliphatic heterocycles. The van der Waals surface area contributed by atoms with Crippen molar-refractivity contribution in [2.45, 2.75) is 25.9 Å². The Kier molecular flexibility index (Phi) is 2.58. The van der Waals surface area contributed by atoms with Crippen molar-refractivity contribution in [1.29, 1.82) is 0 Å². The van der Waals surface area contributed by atoms with Gasteiger partial charge in [-0.25, -0.2) is 0 Å². The lowest BCUT2D eigenvalue weighted by atomic mass is 10.1. The molecule has 0 aromatic carbocycles. The zero-order valence-electron chi connectivity index (χ0n) is 8.33. The monoisotopic (exact) mass is 185 g/mol. The maximum absolute atomic E-state index is 9.30. The molecule has 2 fully saturated rings. The zero-order chi connectivity index (χ0) is 9.31. The summed E-state index contributed by atoms with van der Waals surface area (Å²) >= 11 is 0. The molecule has 0 radical (unpaired) electrons. The maximum Gasteiger partial charge on any atom is 0.0639 e. The highest BCUT2D eigenvalue weighted by Gasteiger charge is 2.45. The molecule has 13 heavy (non-hydrogen) atoms. The molecule has 3 nitrogen and oxygen atoms in total. The van der Waals surface area contributed by atoms with Crippen molar-refractivity contribution in [3.63, 3.8) is 0 Å². The summed E-state index contributed by atoms with van der Waals surface area (Å²) in [4.78, 5) is 2.34. The van der Waals surface area contributed by atoms with Gasteiger partial charge in [0.1, 0.15) is 0 Å². The number of aliphatic hydroxyl groups is 1. The van der Waals surface area contributed by atoms with Gasteiger partial charge >= 0.3 is 0 Å². The van der Waals surface area contributed by atoms with Crippen molar-refractivity contribution < 1.29 is 9.84 Å². The summed E-state index contributed by atoms with van der Waals surface area (Å²) < 4.78 is 5.56. The van der Waals surface area contributed by atoms with E-state index in [0.717, 1.165) is 32.8 Å². The molecule has 1 unspecified atom stereocenters. The summed E-state index contributed by atoms with van der Waals surface area (Å²) in [5, 5.41) is 9.30. The third-order valence-electron chi connectivity index (χ3n) is 3.00. The molecule has 3 heteroatoms. The van der Waals surface area contributed by atoms with Gasteiger partial charge in [0, 0.05) is 25.0 Å². The van der Waals surface area contributed by atoms with E-state index in [9.17, 15) is 5.11 Å². The molecule has 1 saturated heterocycles. The predicted molar refractivity (Wildman–Crippen MR) is 50.6 cm³/mol. The van der Waals surface area contributed by atoms with E-state index in [4.69, 9.17) is 4.74 Å². The molecule has 1 aliphatic carbocycles. The van der Waals surface area contributed by atoms with E-state index in [1.54, 1.807) is 0 Å². The molecular weight excluding hydrogens is 166 g/mol. The Morgan fingerprint density at radius 1 is 1.54 bits per heavy atom. The van der Waals surface area contributed by atoms with E-state index in [1.165, 1.54) is 12.8 Å². The van der Waals surface area contributed by atoms with Gasteiger partial charge in [-0.1, -0.05) is 0 Å². The van der Waals surface area contributed by atoms with Crippen molar-refractivity contribution in [3.05, 3.63) is 0 Å². The van der Waals surface area contributed by atoms with Crippen LogP contribution in [0.4, 0.5) is 0 Å². The van der Waals surface area contributed by atoms with Crippen LogP contribution in [0, 0.1) is 5.41 Å². The van der Waals surface area contributed by atoms with Crippen LogP contribution in [0.15, 0.2) is 0 Å². The molecule has 0 bridgehead atoms. The largest absolute Gasteiger partial charge is 0.392 e. The Morgan fingerprint density at radius 3 is 2.92 bits per heavy atom. The lowest BCUT2D eigenvalue weighted by Gasteiger charge is -2.23. The van der Waals surface area contributed by atoms with Crippen LogP contribution in [0.25, 0.3) is 0 Å². The quantitative estimate of drug-likeness (QED) is 0.679. The molecule has 1 N–H and O–H groups in total. The van der Waals surface area contributed by atoms with Crippen LogP contribution < -0.4 is 0 Å². The highest BCUT2D eigenvalue weighted by Crippen LogP contribution is 2.47. The van der Waals surface area contributed by atoms with Gasteiger partial charge in [-0.2, -0.15) is 0 Å². The lowest BCUT2D eigenvalue weighted by molar-refractivity contribution is 0.111. The summed E-state index contributed by atoms with van der Waals surface area (Å²) in [7, 11) is 0. The molecule has 0 amide bonds. The Hall–Kier alpha value is -0.120. The van der Waals surface area contributed by atoms with Crippen LogP contribution in [0.2, 0.25) is 0 Å². The first kappa shape index (κ1) is 9.44. The second-order valence-corrected chi connectivity index (χ2v) is 4.64. The fraction of sp³-hybridized carbons (Fsp3) is 1.00. The molecular formula is C10H19NO2. The van der Waals surface area contributed by atoms with Crippen molar-refractivity contribution in [2.75, 3.05) is 32.8 Å². The summed E-state index contributed by atoms with van der Waals surface area (Å²) in [6.45, 7) is 6.51. The minimum atomic E-state index is -0.214. The number of hydrogen-bond donors (Lipinski definition) is 1. The standard InChI is InChI=1S/C10H19NO2/c1-9(12)6-11-4-5-13-8-10(7-11)2-3-10/h9,12H,2-8H2,1H3. The van der Waals surface area contributed by atoms with Gasteiger partial charge in [0.15, 0.2) is 0 Å². The molecule has 2 aliphatic rings. The van der Waals surface area contributed by atoms with Crippen LogP contribution in [0.3, 0.4) is 0 Å².